The molecule has 1 aromatic heterocycles. The van der Waals surface area contributed by atoms with Crippen LogP contribution in [0.5, 0.6) is 0 Å². The Kier molecular flexibility index (Phi) is 3.53. The Morgan fingerprint density at radius 1 is 1.44 bits per heavy atom. The number of piperidine rings is 1. The van der Waals surface area contributed by atoms with Crippen LogP contribution in [-0.2, 0) is 0 Å². The Balaban J connectivity index is 1.84. The van der Waals surface area contributed by atoms with Crippen LogP contribution in [-0.4, -0.2) is 17.6 Å². The fourth-order valence-electron chi connectivity index (χ4n) is 3.12. The van der Waals surface area contributed by atoms with Crippen molar-refractivity contribution >= 4 is 21.5 Å². The smallest absolute Gasteiger partial charge is 0.109 e. The van der Waals surface area contributed by atoms with Crippen molar-refractivity contribution in [2.24, 2.45) is 5.92 Å². The fraction of sp³-hybridized carbons (Fsp3) is 0.533. The zero-order valence-electron chi connectivity index (χ0n) is 10.7. The lowest BCUT2D eigenvalue weighted by molar-refractivity contribution is 0.278. The monoisotopic (exact) mass is 306 g/mol. The minimum atomic E-state index is 0.683. The lowest BCUT2D eigenvalue weighted by atomic mass is 9.78. The number of hydrogen-bond acceptors (Lipinski definition) is 2. The molecule has 1 fully saturated rings. The number of halogens is 1. The van der Waals surface area contributed by atoms with Crippen molar-refractivity contribution in [2.75, 3.05) is 6.54 Å². The summed E-state index contributed by atoms with van der Waals surface area (Å²) in [6.45, 7) is 3.29. The van der Waals surface area contributed by atoms with Crippen LogP contribution in [0.3, 0.4) is 0 Å². The molecule has 1 aliphatic heterocycles. The van der Waals surface area contributed by atoms with Gasteiger partial charge in [0.25, 0.3) is 0 Å². The van der Waals surface area contributed by atoms with Crippen molar-refractivity contribution in [3.63, 3.8) is 0 Å². The van der Waals surface area contributed by atoms with Crippen LogP contribution in [0, 0.1) is 12.8 Å². The van der Waals surface area contributed by atoms with Crippen LogP contribution < -0.4 is 5.32 Å². The standard InChI is InChI=1S/C15H19BrN2/c1-10-7-13(9-18-15(10)16)12-5-4-11-3-2-6-17-14(11)8-12/h5,7,9,11,14,17H,2-4,6,8H2,1H3/t11-,14+/m0/s1. The molecule has 3 heteroatoms. The van der Waals surface area contributed by atoms with Gasteiger partial charge < -0.3 is 5.32 Å². The van der Waals surface area contributed by atoms with Gasteiger partial charge in [-0.25, -0.2) is 4.98 Å². The Hall–Kier alpha value is -0.670. The van der Waals surface area contributed by atoms with Gasteiger partial charge in [-0.3, -0.25) is 0 Å². The molecule has 3 rings (SSSR count). The molecule has 1 aromatic rings. The van der Waals surface area contributed by atoms with Crippen molar-refractivity contribution in [1.82, 2.24) is 10.3 Å². The van der Waals surface area contributed by atoms with Gasteiger partial charge in [0.1, 0.15) is 4.60 Å². The molecular weight excluding hydrogens is 288 g/mol. The molecule has 1 N–H and O–H groups in total. The first-order chi connectivity index (χ1) is 8.74. The summed E-state index contributed by atoms with van der Waals surface area (Å²) in [7, 11) is 0. The highest BCUT2D eigenvalue weighted by Gasteiger charge is 2.28. The normalized spacial score (nSPS) is 27.6. The summed E-state index contributed by atoms with van der Waals surface area (Å²) in [4.78, 5) is 4.41. The molecule has 0 unspecified atom stereocenters. The first-order valence-corrected chi connectivity index (χ1v) is 7.58. The van der Waals surface area contributed by atoms with Gasteiger partial charge in [-0.2, -0.15) is 0 Å². The highest BCUT2D eigenvalue weighted by Crippen LogP contribution is 2.34. The molecule has 2 heterocycles. The van der Waals surface area contributed by atoms with E-state index in [1.54, 1.807) is 0 Å². The fourth-order valence-corrected chi connectivity index (χ4v) is 3.34. The summed E-state index contributed by atoms with van der Waals surface area (Å²) in [5.41, 5.74) is 3.97. The van der Waals surface area contributed by atoms with E-state index in [1.165, 1.54) is 42.5 Å². The van der Waals surface area contributed by atoms with Crippen LogP contribution in [0.4, 0.5) is 0 Å². The third kappa shape index (κ3) is 2.39. The van der Waals surface area contributed by atoms with E-state index >= 15 is 0 Å². The third-order valence-electron chi connectivity index (χ3n) is 4.22. The minimum Gasteiger partial charge on any atom is -0.313 e. The second kappa shape index (κ2) is 5.14. The molecule has 2 aliphatic rings. The maximum absolute atomic E-state index is 4.41. The molecule has 0 spiro atoms. The highest BCUT2D eigenvalue weighted by molar-refractivity contribution is 9.10. The van der Waals surface area contributed by atoms with Crippen molar-refractivity contribution < 1.29 is 0 Å². The molecule has 0 aromatic carbocycles. The highest BCUT2D eigenvalue weighted by atomic mass is 79.9. The second-order valence-corrected chi connectivity index (χ2v) is 6.21. The Bertz CT molecular complexity index is 481. The van der Waals surface area contributed by atoms with E-state index in [4.69, 9.17) is 0 Å². The molecule has 0 amide bonds. The number of pyridine rings is 1. The van der Waals surface area contributed by atoms with Gasteiger partial charge >= 0.3 is 0 Å². The summed E-state index contributed by atoms with van der Waals surface area (Å²) < 4.78 is 0.955. The van der Waals surface area contributed by atoms with Crippen LogP contribution in [0.25, 0.3) is 5.57 Å². The average Bonchev–Trinajstić information content (AvgIpc) is 2.41. The third-order valence-corrected chi connectivity index (χ3v) is 5.05. The summed E-state index contributed by atoms with van der Waals surface area (Å²) in [6, 6.07) is 2.93. The van der Waals surface area contributed by atoms with Crippen molar-refractivity contribution in [3.05, 3.63) is 34.1 Å². The van der Waals surface area contributed by atoms with Gasteiger partial charge in [0.2, 0.25) is 0 Å². The van der Waals surface area contributed by atoms with E-state index in [-0.39, 0.29) is 0 Å². The van der Waals surface area contributed by atoms with Gasteiger partial charge in [-0.15, -0.1) is 0 Å². The number of hydrogen-bond donors (Lipinski definition) is 1. The quantitative estimate of drug-likeness (QED) is 0.800. The van der Waals surface area contributed by atoms with E-state index in [9.17, 15) is 0 Å². The van der Waals surface area contributed by atoms with Crippen LogP contribution >= 0.6 is 15.9 Å². The predicted molar refractivity (Wildman–Crippen MR) is 78.4 cm³/mol. The lowest BCUT2D eigenvalue weighted by Gasteiger charge is -2.36. The van der Waals surface area contributed by atoms with Gasteiger partial charge in [0.15, 0.2) is 0 Å². The van der Waals surface area contributed by atoms with Gasteiger partial charge in [0, 0.05) is 12.2 Å². The number of rotatable bonds is 1. The Morgan fingerprint density at radius 2 is 2.33 bits per heavy atom. The summed E-state index contributed by atoms with van der Waals surface area (Å²) >= 11 is 3.47. The maximum atomic E-state index is 4.41. The average molecular weight is 307 g/mol. The van der Waals surface area contributed by atoms with E-state index in [1.807, 2.05) is 6.20 Å². The maximum Gasteiger partial charge on any atom is 0.109 e. The van der Waals surface area contributed by atoms with Crippen LogP contribution in [0.2, 0.25) is 0 Å². The number of fused-ring (bicyclic) bond motifs is 1. The van der Waals surface area contributed by atoms with Crippen molar-refractivity contribution in [2.45, 2.75) is 38.6 Å². The minimum absolute atomic E-state index is 0.683. The van der Waals surface area contributed by atoms with Crippen LogP contribution in [0.15, 0.2) is 22.9 Å². The SMILES string of the molecule is Cc1cc(C2=CC[C@@H]3CCCN[C@@H]3C2)cnc1Br. The van der Waals surface area contributed by atoms with Gasteiger partial charge in [-0.05, 0) is 83.8 Å². The number of allylic oxidation sites excluding steroid dienone is 1. The summed E-state index contributed by atoms with van der Waals surface area (Å²) in [5.74, 6) is 0.854. The van der Waals surface area contributed by atoms with E-state index < -0.39 is 0 Å². The van der Waals surface area contributed by atoms with Crippen molar-refractivity contribution in [3.8, 4) is 0 Å². The van der Waals surface area contributed by atoms with E-state index in [0.717, 1.165) is 16.9 Å². The summed E-state index contributed by atoms with van der Waals surface area (Å²) in [6.07, 6.45) is 9.53. The van der Waals surface area contributed by atoms with Crippen molar-refractivity contribution in [1.29, 1.82) is 0 Å². The predicted octanol–water partition coefficient (Wildman–Crippen LogP) is 3.70. The molecule has 2 atom stereocenters. The van der Waals surface area contributed by atoms with Gasteiger partial charge in [-0.1, -0.05) is 6.08 Å². The molecule has 1 aliphatic carbocycles. The number of nitrogens with one attached hydrogen (secondary N) is 1. The molecule has 1 saturated heterocycles. The molecule has 18 heavy (non-hydrogen) atoms. The topological polar surface area (TPSA) is 24.9 Å². The largest absolute Gasteiger partial charge is 0.313 e. The first-order valence-electron chi connectivity index (χ1n) is 6.79. The summed E-state index contributed by atoms with van der Waals surface area (Å²) in [5, 5.41) is 3.68. The Labute approximate surface area is 117 Å². The number of aryl methyl sites for hydroxylation is 1. The molecule has 0 bridgehead atoms. The number of aromatic nitrogens is 1. The second-order valence-electron chi connectivity index (χ2n) is 5.46. The molecule has 0 saturated carbocycles. The van der Waals surface area contributed by atoms with E-state index in [0.29, 0.717) is 6.04 Å². The molecule has 2 nitrogen and oxygen atoms in total. The molecule has 96 valence electrons. The molecular formula is C15H19BrN2. The van der Waals surface area contributed by atoms with E-state index in [2.05, 4.69) is 45.3 Å². The zero-order valence-corrected chi connectivity index (χ0v) is 12.3. The number of nitrogens with zero attached hydrogens (tertiary/aromatic N) is 1. The lowest BCUT2D eigenvalue weighted by Crippen LogP contribution is -2.42. The van der Waals surface area contributed by atoms with Crippen LogP contribution in [0.1, 0.15) is 36.8 Å². The first kappa shape index (κ1) is 12.4. The molecule has 0 radical (unpaired) electrons. The zero-order chi connectivity index (χ0) is 12.5. The Morgan fingerprint density at radius 3 is 3.17 bits per heavy atom. The van der Waals surface area contributed by atoms with Gasteiger partial charge in [0.05, 0.1) is 0 Å².